The molecule has 0 fully saturated rings. The molecule has 25 heavy (non-hydrogen) atoms. The first-order valence-corrected chi connectivity index (χ1v) is 10.4. The summed E-state index contributed by atoms with van der Waals surface area (Å²) in [5.74, 6) is 0. The van der Waals surface area contributed by atoms with E-state index in [1.54, 1.807) is 0 Å². The van der Waals surface area contributed by atoms with Crippen molar-refractivity contribution in [3.8, 4) is 0 Å². The molecule has 0 heterocycles. The number of unbranched alkanes of at least 4 members (excludes halogenated alkanes) is 2. The fourth-order valence-electron chi connectivity index (χ4n) is 2.48. The van der Waals surface area contributed by atoms with Gasteiger partial charge in [-0.05, 0) is 100 Å². The SMILES string of the molecule is CCCCP(O)CCCC.Cc1c(C)c(C)c(C)c(C)c1C.Cl.Cl.[Ru]. The number of benzene rings is 1. The third kappa shape index (κ3) is 12.0. The molecule has 1 aromatic rings. The van der Waals surface area contributed by atoms with Crippen LogP contribution in [0.2, 0.25) is 0 Å². The molecule has 0 aromatic heterocycles. The first kappa shape index (κ1) is 33.4. The molecule has 0 saturated carbocycles. The molecule has 0 amide bonds. The fourth-order valence-corrected chi connectivity index (χ4v) is 4.07. The summed E-state index contributed by atoms with van der Waals surface area (Å²) in [5, 5.41) is 0. The van der Waals surface area contributed by atoms with Gasteiger partial charge < -0.3 is 4.89 Å². The Hall–Kier alpha value is 0.813. The Labute approximate surface area is 183 Å². The summed E-state index contributed by atoms with van der Waals surface area (Å²) < 4.78 is 0. The summed E-state index contributed by atoms with van der Waals surface area (Å²) >= 11 is 0. The third-order valence-electron chi connectivity index (χ3n) is 4.91. The minimum Gasteiger partial charge on any atom is -0.374 e. The summed E-state index contributed by atoms with van der Waals surface area (Å²) in [5.41, 5.74) is 8.73. The normalized spacial score (nSPS) is 9.36. The molecule has 0 aliphatic rings. The number of rotatable bonds is 6. The van der Waals surface area contributed by atoms with Crippen LogP contribution in [0.25, 0.3) is 0 Å². The van der Waals surface area contributed by atoms with E-state index in [9.17, 15) is 4.89 Å². The van der Waals surface area contributed by atoms with Crippen LogP contribution in [0.5, 0.6) is 0 Å². The third-order valence-corrected chi connectivity index (χ3v) is 6.58. The van der Waals surface area contributed by atoms with Crippen molar-refractivity contribution in [1.29, 1.82) is 0 Å². The Balaban J connectivity index is -0.000000160. The van der Waals surface area contributed by atoms with E-state index < -0.39 is 8.15 Å². The summed E-state index contributed by atoms with van der Waals surface area (Å²) in [6, 6.07) is 0. The first-order valence-electron chi connectivity index (χ1n) is 8.75. The van der Waals surface area contributed by atoms with Gasteiger partial charge in [0.25, 0.3) is 0 Å². The van der Waals surface area contributed by atoms with Gasteiger partial charge in [0, 0.05) is 27.6 Å². The molecule has 0 spiro atoms. The van der Waals surface area contributed by atoms with Crippen LogP contribution in [0.4, 0.5) is 0 Å². The zero-order chi connectivity index (χ0) is 17.3. The topological polar surface area (TPSA) is 20.2 Å². The molecule has 0 bridgehead atoms. The van der Waals surface area contributed by atoms with E-state index in [-0.39, 0.29) is 44.3 Å². The van der Waals surface area contributed by atoms with Crippen LogP contribution < -0.4 is 0 Å². The van der Waals surface area contributed by atoms with Crippen molar-refractivity contribution in [2.75, 3.05) is 12.3 Å². The summed E-state index contributed by atoms with van der Waals surface area (Å²) in [7, 11) is -0.592. The van der Waals surface area contributed by atoms with E-state index in [4.69, 9.17) is 0 Å². The Morgan fingerprint density at radius 2 is 0.800 bits per heavy atom. The van der Waals surface area contributed by atoms with Gasteiger partial charge in [-0.3, -0.25) is 0 Å². The zero-order valence-corrected chi connectivity index (χ0v) is 21.6. The van der Waals surface area contributed by atoms with Gasteiger partial charge in [-0.2, -0.15) is 0 Å². The Morgan fingerprint density at radius 1 is 0.600 bits per heavy atom. The average molecular weight is 498 g/mol. The summed E-state index contributed by atoms with van der Waals surface area (Å²) in [6.07, 6.45) is 6.95. The Bertz CT molecular complexity index is 355. The zero-order valence-electron chi connectivity index (χ0n) is 17.3. The second kappa shape index (κ2) is 18.2. The van der Waals surface area contributed by atoms with Gasteiger partial charge in [-0.1, -0.05) is 26.7 Å². The predicted molar refractivity (Wildman–Crippen MR) is 118 cm³/mol. The molecule has 1 N–H and O–H groups in total. The van der Waals surface area contributed by atoms with E-state index in [1.165, 1.54) is 59.1 Å². The van der Waals surface area contributed by atoms with E-state index in [1.807, 2.05) is 0 Å². The molecule has 1 aromatic carbocycles. The predicted octanol–water partition coefficient (Wildman–Crippen LogP) is 7.35. The Kier molecular flexibility index (Phi) is 24.3. The number of halogens is 2. The Morgan fingerprint density at radius 3 is 0.960 bits per heavy atom. The molecule has 0 unspecified atom stereocenters. The molecular weight excluding hydrogens is 459 g/mol. The molecule has 1 rings (SSSR count). The van der Waals surface area contributed by atoms with E-state index >= 15 is 0 Å². The van der Waals surface area contributed by atoms with Crippen molar-refractivity contribution in [2.45, 2.75) is 81.1 Å². The maximum absolute atomic E-state index is 9.38. The van der Waals surface area contributed by atoms with Crippen LogP contribution in [-0.4, -0.2) is 17.2 Å². The quantitative estimate of drug-likeness (QED) is 0.321. The number of hydrogen-bond acceptors (Lipinski definition) is 1. The van der Waals surface area contributed by atoms with Crippen molar-refractivity contribution < 1.29 is 24.4 Å². The van der Waals surface area contributed by atoms with Gasteiger partial charge >= 0.3 is 0 Å². The minimum absolute atomic E-state index is 0. The largest absolute Gasteiger partial charge is 0.374 e. The van der Waals surface area contributed by atoms with Crippen molar-refractivity contribution in [3.05, 3.63) is 33.4 Å². The number of hydrogen-bond donors (Lipinski definition) is 1. The molecule has 5 heteroatoms. The van der Waals surface area contributed by atoms with Crippen LogP contribution >= 0.6 is 33.0 Å². The molecule has 0 atom stereocenters. The van der Waals surface area contributed by atoms with Gasteiger partial charge in [0.15, 0.2) is 0 Å². The summed E-state index contributed by atoms with van der Waals surface area (Å²) in [4.78, 5) is 9.38. The van der Waals surface area contributed by atoms with Crippen molar-refractivity contribution in [1.82, 2.24) is 0 Å². The minimum atomic E-state index is -0.592. The van der Waals surface area contributed by atoms with Gasteiger partial charge in [-0.15, -0.1) is 24.8 Å². The second-order valence-electron chi connectivity index (χ2n) is 6.41. The van der Waals surface area contributed by atoms with Crippen molar-refractivity contribution in [3.63, 3.8) is 0 Å². The smallest absolute Gasteiger partial charge is 0.0251 e. The monoisotopic (exact) mass is 498 g/mol. The van der Waals surface area contributed by atoms with E-state index in [2.05, 4.69) is 55.4 Å². The summed E-state index contributed by atoms with van der Waals surface area (Å²) in [6.45, 7) is 17.6. The maximum Gasteiger partial charge on any atom is 0.0251 e. The first-order chi connectivity index (χ1) is 10.3. The van der Waals surface area contributed by atoms with E-state index in [0.717, 1.165) is 12.3 Å². The molecular formula is C20H39Cl2OPRu. The fraction of sp³-hybridized carbons (Fsp3) is 0.700. The van der Waals surface area contributed by atoms with Crippen LogP contribution in [0.3, 0.4) is 0 Å². The van der Waals surface area contributed by atoms with Gasteiger partial charge in [0.1, 0.15) is 0 Å². The second-order valence-corrected chi connectivity index (χ2v) is 8.32. The van der Waals surface area contributed by atoms with Crippen LogP contribution in [0.15, 0.2) is 0 Å². The van der Waals surface area contributed by atoms with Gasteiger partial charge in [0.2, 0.25) is 0 Å². The standard InChI is InChI=1S/C12H18.C8H19OP.2ClH.Ru/c1-7-8(2)10(4)12(6)11(5)9(7)3;1-3-5-7-10(9)8-6-4-2;;;/h1-6H3;9H,3-8H2,1-2H3;2*1H;. The molecule has 0 radical (unpaired) electrons. The van der Waals surface area contributed by atoms with Gasteiger partial charge in [0.05, 0.1) is 0 Å². The van der Waals surface area contributed by atoms with Crippen LogP contribution in [-0.2, 0) is 19.5 Å². The molecule has 0 aliphatic heterocycles. The van der Waals surface area contributed by atoms with Crippen molar-refractivity contribution >= 4 is 33.0 Å². The van der Waals surface area contributed by atoms with Gasteiger partial charge in [-0.25, -0.2) is 0 Å². The molecule has 1 nitrogen and oxygen atoms in total. The maximum atomic E-state index is 9.38. The van der Waals surface area contributed by atoms with Crippen LogP contribution in [0.1, 0.15) is 72.9 Å². The molecule has 152 valence electrons. The van der Waals surface area contributed by atoms with Crippen LogP contribution in [0, 0.1) is 41.5 Å². The molecule has 0 aliphatic carbocycles. The van der Waals surface area contributed by atoms with E-state index in [0.29, 0.717) is 0 Å². The average Bonchev–Trinajstić information content (AvgIpc) is 2.53. The molecule has 0 saturated heterocycles. The van der Waals surface area contributed by atoms with Crippen molar-refractivity contribution in [2.24, 2.45) is 0 Å².